The summed E-state index contributed by atoms with van der Waals surface area (Å²) in [5.74, 6) is 0.681. The van der Waals surface area contributed by atoms with E-state index in [0.29, 0.717) is 48.2 Å². The molecule has 1 aromatic carbocycles. The summed E-state index contributed by atoms with van der Waals surface area (Å²) in [6.07, 6.45) is 5.79. The van der Waals surface area contributed by atoms with Gasteiger partial charge in [-0.3, -0.25) is 9.59 Å². The number of piperidine rings is 1. The van der Waals surface area contributed by atoms with E-state index in [2.05, 4.69) is 20.3 Å². The second-order valence-electron chi connectivity index (χ2n) is 7.08. The normalized spacial score (nSPS) is 14.4. The number of carbonyl (C=O) groups excluding carboxylic acids is 2. The minimum atomic E-state index is -0.164. The number of hydrogen-bond donors (Lipinski definition) is 1. The number of pyridine rings is 1. The number of anilines is 1. The van der Waals surface area contributed by atoms with E-state index in [-0.39, 0.29) is 17.7 Å². The van der Waals surface area contributed by atoms with E-state index in [4.69, 9.17) is 11.6 Å². The lowest BCUT2D eigenvalue weighted by Crippen LogP contribution is -2.41. The summed E-state index contributed by atoms with van der Waals surface area (Å²) in [7, 11) is 0. The fraction of sp³-hybridized carbons (Fsp3) is 0.227. The quantitative estimate of drug-likeness (QED) is 0.694. The van der Waals surface area contributed by atoms with Gasteiger partial charge < -0.3 is 10.2 Å². The summed E-state index contributed by atoms with van der Waals surface area (Å²) in [5.41, 5.74) is 1.35. The first kappa shape index (κ1) is 20.0. The molecule has 2 amide bonds. The highest BCUT2D eigenvalue weighted by Crippen LogP contribution is 2.21. The van der Waals surface area contributed by atoms with Gasteiger partial charge in [0, 0.05) is 43.2 Å². The van der Waals surface area contributed by atoms with Crippen molar-refractivity contribution in [3.05, 3.63) is 71.6 Å². The second-order valence-corrected chi connectivity index (χ2v) is 7.52. The van der Waals surface area contributed by atoms with Crippen molar-refractivity contribution in [1.82, 2.24) is 19.9 Å². The van der Waals surface area contributed by atoms with E-state index in [1.54, 1.807) is 29.4 Å². The van der Waals surface area contributed by atoms with Crippen molar-refractivity contribution < 1.29 is 9.59 Å². The zero-order valence-electron chi connectivity index (χ0n) is 16.2. The lowest BCUT2D eigenvalue weighted by Gasteiger charge is -2.31. The number of carbonyl (C=O) groups is 2. The first-order valence-electron chi connectivity index (χ1n) is 9.69. The number of nitrogens with one attached hydrogen (secondary N) is 1. The molecule has 0 bridgehead atoms. The van der Waals surface area contributed by atoms with Gasteiger partial charge in [-0.2, -0.15) is 0 Å². The number of hydrogen-bond acceptors (Lipinski definition) is 5. The fourth-order valence-electron chi connectivity index (χ4n) is 3.38. The van der Waals surface area contributed by atoms with E-state index in [1.165, 1.54) is 6.20 Å². The van der Waals surface area contributed by atoms with Crippen LogP contribution in [0.5, 0.6) is 0 Å². The molecule has 30 heavy (non-hydrogen) atoms. The molecule has 3 aromatic rings. The first-order valence-corrected chi connectivity index (χ1v) is 10.1. The van der Waals surface area contributed by atoms with E-state index < -0.39 is 0 Å². The van der Waals surface area contributed by atoms with Gasteiger partial charge in [0.1, 0.15) is 5.82 Å². The number of benzene rings is 1. The third-order valence-corrected chi connectivity index (χ3v) is 5.29. The van der Waals surface area contributed by atoms with Gasteiger partial charge in [0.25, 0.3) is 5.91 Å². The third-order valence-electron chi connectivity index (χ3n) is 5.06. The van der Waals surface area contributed by atoms with Crippen LogP contribution in [0.4, 0.5) is 5.82 Å². The predicted octanol–water partition coefficient (Wildman–Crippen LogP) is 3.68. The summed E-state index contributed by atoms with van der Waals surface area (Å²) in [5, 5.41) is 3.32. The van der Waals surface area contributed by atoms with E-state index in [1.807, 2.05) is 30.3 Å². The smallest absolute Gasteiger partial charge is 0.256 e. The molecule has 2 aromatic heterocycles. The van der Waals surface area contributed by atoms with Crippen LogP contribution >= 0.6 is 11.6 Å². The highest BCUT2D eigenvalue weighted by Gasteiger charge is 2.28. The Kier molecular flexibility index (Phi) is 5.99. The van der Waals surface area contributed by atoms with Gasteiger partial charge >= 0.3 is 0 Å². The van der Waals surface area contributed by atoms with Gasteiger partial charge in [0.15, 0.2) is 5.82 Å². The summed E-state index contributed by atoms with van der Waals surface area (Å²) < 4.78 is 0. The Morgan fingerprint density at radius 3 is 2.27 bits per heavy atom. The fourth-order valence-corrected chi connectivity index (χ4v) is 3.49. The van der Waals surface area contributed by atoms with Crippen LogP contribution in [0.25, 0.3) is 11.4 Å². The standard InChI is InChI=1S/C22H20ClN5O2/c23-18-6-7-19(24-14-18)27-21(29)16-8-10-28(11-9-16)22(30)17-12-25-20(26-13-17)15-4-2-1-3-5-15/h1-7,12-14,16H,8-11H2,(H,24,27,29). The Bertz CT molecular complexity index is 1020. The van der Waals surface area contributed by atoms with Gasteiger partial charge in [0.05, 0.1) is 10.6 Å². The van der Waals surface area contributed by atoms with Crippen LogP contribution in [0.3, 0.4) is 0 Å². The molecular formula is C22H20ClN5O2. The summed E-state index contributed by atoms with van der Waals surface area (Å²) in [6.45, 7) is 1.01. The van der Waals surface area contributed by atoms with Gasteiger partial charge in [-0.1, -0.05) is 41.9 Å². The van der Waals surface area contributed by atoms with Gasteiger partial charge in [-0.15, -0.1) is 0 Å². The first-order chi connectivity index (χ1) is 14.6. The second kappa shape index (κ2) is 9.00. The Morgan fingerprint density at radius 1 is 0.933 bits per heavy atom. The lowest BCUT2D eigenvalue weighted by molar-refractivity contribution is -0.121. The Morgan fingerprint density at radius 2 is 1.63 bits per heavy atom. The number of rotatable bonds is 4. The average molecular weight is 422 g/mol. The monoisotopic (exact) mass is 421 g/mol. The molecule has 7 nitrogen and oxygen atoms in total. The molecule has 0 saturated carbocycles. The molecule has 0 spiro atoms. The van der Waals surface area contributed by atoms with E-state index in [0.717, 1.165) is 5.56 Å². The van der Waals surface area contributed by atoms with Crippen molar-refractivity contribution in [2.45, 2.75) is 12.8 Å². The molecule has 1 aliphatic heterocycles. The molecule has 0 unspecified atom stereocenters. The van der Waals surface area contributed by atoms with Gasteiger partial charge in [-0.05, 0) is 25.0 Å². The van der Waals surface area contributed by atoms with Gasteiger partial charge in [0.2, 0.25) is 5.91 Å². The van der Waals surface area contributed by atoms with Crippen molar-refractivity contribution in [1.29, 1.82) is 0 Å². The molecule has 1 aliphatic rings. The predicted molar refractivity (Wildman–Crippen MR) is 114 cm³/mol. The van der Waals surface area contributed by atoms with Crippen LogP contribution in [-0.2, 0) is 4.79 Å². The molecule has 0 radical (unpaired) electrons. The number of amides is 2. The van der Waals surface area contributed by atoms with Gasteiger partial charge in [-0.25, -0.2) is 15.0 Å². The number of likely N-dealkylation sites (tertiary alicyclic amines) is 1. The highest BCUT2D eigenvalue weighted by atomic mass is 35.5. The van der Waals surface area contributed by atoms with Crippen LogP contribution in [0.2, 0.25) is 5.02 Å². The summed E-state index contributed by atoms with van der Waals surface area (Å²) in [6, 6.07) is 13.0. The van der Waals surface area contributed by atoms with Crippen LogP contribution in [0.1, 0.15) is 23.2 Å². The molecule has 8 heteroatoms. The lowest BCUT2D eigenvalue weighted by atomic mass is 9.95. The zero-order chi connectivity index (χ0) is 20.9. The zero-order valence-corrected chi connectivity index (χ0v) is 16.9. The maximum atomic E-state index is 12.8. The van der Waals surface area contributed by atoms with Crippen molar-refractivity contribution in [3.8, 4) is 11.4 Å². The molecule has 1 N–H and O–H groups in total. The summed E-state index contributed by atoms with van der Waals surface area (Å²) >= 11 is 5.81. The number of halogens is 1. The van der Waals surface area contributed by atoms with Crippen molar-refractivity contribution in [2.75, 3.05) is 18.4 Å². The molecule has 152 valence electrons. The molecule has 0 aliphatic carbocycles. The minimum absolute atomic E-state index is 0.0903. The molecule has 3 heterocycles. The van der Waals surface area contributed by atoms with Crippen LogP contribution in [0.15, 0.2) is 61.1 Å². The van der Waals surface area contributed by atoms with Crippen LogP contribution < -0.4 is 5.32 Å². The maximum Gasteiger partial charge on any atom is 0.256 e. The highest BCUT2D eigenvalue weighted by molar-refractivity contribution is 6.30. The average Bonchev–Trinajstić information content (AvgIpc) is 2.81. The number of nitrogens with zero attached hydrogens (tertiary/aromatic N) is 4. The van der Waals surface area contributed by atoms with E-state index >= 15 is 0 Å². The van der Waals surface area contributed by atoms with E-state index in [9.17, 15) is 9.59 Å². The molecule has 1 saturated heterocycles. The Hall–Kier alpha value is -3.32. The molecular weight excluding hydrogens is 402 g/mol. The molecule has 4 rings (SSSR count). The minimum Gasteiger partial charge on any atom is -0.339 e. The molecule has 0 atom stereocenters. The Balaban J connectivity index is 1.32. The molecule has 1 fully saturated rings. The largest absolute Gasteiger partial charge is 0.339 e. The van der Waals surface area contributed by atoms with Crippen LogP contribution in [0, 0.1) is 5.92 Å². The maximum absolute atomic E-state index is 12.8. The van der Waals surface area contributed by atoms with Crippen molar-refractivity contribution >= 4 is 29.2 Å². The van der Waals surface area contributed by atoms with Crippen molar-refractivity contribution in [2.24, 2.45) is 5.92 Å². The topological polar surface area (TPSA) is 88.1 Å². The van der Waals surface area contributed by atoms with Crippen molar-refractivity contribution in [3.63, 3.8) is 0 Å². The Labute approximate surface area is 179 Å². The third kappa shape index (κ3) is 4.63. The summed E-state index contributed by atoms with van der Waals surface area (Å²) in [4.78, 5) is 39.7. The van der Waals surface area contributed by atoms with Crippen LogP contribution in [-0.4, -0.2) is 44.8 Å². The SMILES string of the molecule is O=C(Nc1ccc(Cl)cn1)C1CCN(C(=O)c2cnc(-c3ccccc3)nc2)CC1. The number of aromatic nitrogens is 3.